The molecule has 0 fully saturated rings. The van der Waals surface area contributed by atoms with Crippen LogP contribution < -0.4 is 10.1 Å². The zero-order chi connectivity index (χ0) is 13.7. The molecule has 0 unspecified atom stereocenters. The fourth-order valence-corrected chi connectivity index (χ4v) is 1.50. The van der Waals surface area contributed by atoms with Crippen molar-refractivity contribution >= 4 is 11.7 Å². The van der Waals surface area contributed by atoms with Gasteiger partial charge in [0.05, 0.1) is 12.7 Å². The Hall–Kier alpha value is -1.84. The quantitative estimate of drug-likeness (QED) is 0.641. The van der Waals surface area contributed by atoms with Crippen LogP contribution in [0.2, 0.25) is 0 Å². The molecule has 0 saturated carbocycles. The topological polar surface area (TPSA) is 55.4 Å². The normalized spacial score (nSPS) is 10.3. The molecule has 1 amide bonds. The van der Waals surface area contributed by atoms with Crippen molar-refractivity contribution in [2.75, 3.05) is 13.7 Å². The summed E-state index contributed by atoms with van der Waals surface area (Å²) < 4.78 is 5.10. The molecule has 0 atom stereocenters. The van der Waals surface area contributed by atoms with Gasteiger partial charge < -0.3 is 10.1 Å². The Morgan fingerprint density at radius 3 is 2.56 bits per heavy atom. The van der Waals surface area contributed by atoms with E-state index in [1.54, 1.807) is 12.1 Å². The van der Waals surface area contributed by atoms with Gasteiger partial charge in [-0.25, -0.2) is 0 Å². The lowest BCUT2D eigenvalue weighted by Crippen LogP contribution is -2.33. The summed E-state index contributed by atoms with van der Waals surface area (Å²) in [5.74, 6) is -0.421. The summed E-state index contributed by atoms with van der Waals surface area (Å²) in [6.07, 6.45) is 0. The number of methoxy groups -OCH3 is 1. The molecule has 1 aromatic carbocycles. The average Bonchev–Trinajstić information content (AvgIpc) is 2.34. The molecular weight excluding hydrogens is 230 g/mol. The van der Waals surface area contributed by atoms with E-state index in [4.69, 9.17) is 4.74 Å². The molecule has 1 aromatic rings. The first-order valence-electron chi connectivity index (χ1n) is 5.93. The van der Waals surface area contributed by atoms with Crippen LogP contribution in [0.25, 0.3) is 0 Å². The van der Waals surface area contributed by atoms with Crippen molar-refractivity contribution in [3.05, 3.63) is 29.3 Å². The summed E-state index contributed by atoms with van der Waals surface area (Å²) in [5.41, 5.74) is 1.22. The van der Waals surface area contributed by atoms with Crippen molar-refractivity contribution in [2.45, 2.75) is 20.8 Å². The number of hydrogen-bond acceptors (Lipinski definition) is 3. The van der Waals surface area contributed by atoms with Gasteiger partial charge in [-0.2, -0.15) is 0 Å². The summed E-state index contributed by atoms with van der Waals surface area (Å²) in [7, 11) is 1.48. The molecule has 0 aliphatic carbocycles. The third-order valence-electron chi connectivity index (χ3n) is 2.48. The van der Waals surface area contributed by atoms with Gasteiger partial charge in [0.1, 0.15) is 5.75 Å². The third kappa shape index (κ3) is 3.58. The number of ether oxygens (including phenoxy) is 1. The minimum Gasteiger partial charge on any atom is -0.496 e. The van der Waals surface area contributed by atoms with Gasteiger partial charge in [-0.1, -0.05) is 25.5 Å². The summed E-state index contributed by atoms with van der Waals surface area (Å²) >= 11 is 0. The predicted octanol–water partition coefficient (Wildman–Crippen LogP) is 1.96. The van der Waals surface area contributed by atoms with Gasteiger partial charge in [-0.3, -0.25) is 9.59 Å². The Kier molecular flexibility index (Phi) is 4.89. The molecule has 0 saturated heterocycles. The maximum absolute atomic E-state index is 12.0. The smallest absolute Gasteiger partial charge is 0.292 e. The van der Waals surface area contributed by atoms with Gasteiger partial charge in [0.2, 0.25) is 0 Å². The highest BCUT2D eigenvalue weighted by Crippen LogP contribution is 2.20. The number of amides is 1. The highest BCUT2D eigenvalue weighted by atomic mass is 16.5. The third-order valence-corrected chi connectivity index (χ3v) is 2.48. The van der Waals surface area contributed by atoms with E-state index in [1.807, 2.05) is 26.8 Å². The van der Waals surface area contributed by atoms with Crippen LogP contribution in [0.3, 0.4) is 0 Å². The van der Waals surface area contributed by atoms with Gasteiger partial charge in [0.25, 0.3) is 11.7 Å². The fraction of sp³-hybridized carbons (Fsp3) is 0.429. The molecular formula is C14H19NO3. The van der Waals surface area contributed by atoms with E-state index in [9.17, 15) is 9.59 Å². The molecule has 0 spiro atoms. The van der Waals surface area contributed by atoms with E-state index in [0.717, 1.165) is 5.56 Å². The van der Waals surface area contributed by atoms with Gasteiger partial charge >= 0.3 is 0 Å². The zero-order valence-electron chi connectivity index (χ0n) is 11.2. The number of carbonyl (C=O) groups is 2. The van der Waals surface area contributed by atoms with Crippen LogP contribution in [-0.2, 0) is 4.79 Å². The molecule has 0 bridgehead atoms. The number of ketones is 1. The SMILES string of the molecule is COc1ccc(C)cc1C(=O)C(=O)NCC(C)C. The molecule has 4 heteroatoms. The number of hydrogen-bond donors (Lipinski definition) is 1. The Labute approximate surface area is 107 Å². The summed E-state index contributed by atoms with van der Waals surface area (Å²) in [4.78, 5) is 23.7. The Morgan fingerprint density at radius 1 is 1.33 bits per heavy atom. The van der Waals surface area contributed by atoms with Crippen LogP contribution >= 0.6 is 0 Å². The molecule has 1 rings (SSSR count). The van der Waals surface area contributed by atoms with Crippen LogP contribution in [0.15, 0.2) is 18.2 Å². The number of carbonyl (C=O) groups excluding carboxylic acids is 2. The maximum atomic E-state index is 12.0. The van der Waals surface area contributed by atoms with Crippen LogP contribution in [0.5, 0.6) is 5.75 Å². The van der Waals surface area contributed by atoms with Crippen molar-refractivity contribution in [3.63, 3.8) is 0 Å². The van der Waals surface area contributed by atoms with Crippen molar-refractivity contribution in [1.82, 2.24) is 5.32 Å². The number of aryl methyl sites for hydroxylation is 1. The monoisotopic (exact) mass is 249 g/mol. The highest BCUT2D eigenvalue weighted by molar-refractivity contribution is 6.43. The van der Waals surface area contributed by atoms with E-state index < -0.39 is 11.7 Å². The molecule has 0 aliphatic heterocycles. The zero-order valence-corrected chi connectivity index (χ0v) is 11.2. The van der Waals surface area contributed by atoms with Crippen LogP contribution in [0.1, 0.15) is 29.8 Å². The minimum atomic E-state index is -0.590. The summed E-state index contributed by atoms with van der Waals surface area (Å²) in [6, 6.07) is 5.19. The summed E-state index contributed by atoms with van der Waals surface area (Å²) in [5, 5.41) is 2.61. The number of nitrogens with one attached hydrogen (secondary N) is 1. The van der Waals surface area contributed by atoms with E-state index >= 15 is 0 Å². The molecule has 0 aromatic heterocycles. The lowest BCUT2D eigenvalue weighted by molar-refractivity contribution is -0.117. The van der Waals surface area contributed by atoms with E-state index in [-0.39, 0.29) is 0 Å². The largest absolute Gasteiger partial charge is 0.496 e. The number of Topliss-reactive ketones (excluding diaryl/α,β-unsaturated/α-hetero) is 1. The molecule has 0 aliphatic rings. The van der Waals surface area contributed by atoms with Crippen molar-refractivity contribution in [3.8, 4) is 5.75 Å². The van der Waals surface area contributed by atoms with Crippen LogP contribution in [-0.4, -0.2) is 25.3 Å². The minimum absolute atomic E-state index is 0.304. The molecule has 4 nitrogen and oxygen atoms in total. The Bertz CT molecular complexity index is 452. The maximum Gasteiger partial charge on any atom is 0.292 e. The van der Waals surface area contributed by atoms with Crippen LogP contribution in [0, 0.1) is 12.8 Å². The second kappa shape index (κ2) is 6.19. The first kappa shape index (κ1) is 14.2. The number of rotatable bonds is 5. The second-order valence-corrected chi connectivity index (χ2v) is 4.64. The lowest BCUT2D eigenvalue weighted by Gasteiger charge is -2.10. The molecule has 0 radical (unpaired) electrons. The first-order chi connectivity index (χ1) is 8.45. The number of benzene rings is 1. The van der Waals surface area contributed by atoms with E-state index in [0.29, 0.717) is 23.8 Å². The van der Waals surface area contributed by atoms with Gasteiger partial charge in [0, 0.05) is 6.54 Å². The second-order valence-electron chi connectivity index (χ2n) is 4.64. The van der Waals surface area contributed by atoms with Gasteiger partial charge in [-0.15, -0.1) is 0 Å². The molecule has 18 heavy (non-hydrogen) atoms. The van der Waals surface area contributed by atoms with Crippen molar-refractivity contribution in [2.24, 2.45) is 5.92 Å². The molecule has 0 heterocycles. The summed E-state index contributed by atoms with van der Waals surface area (Å²) in [6.45, 7) is 6.29. The van der Waals surface area contributed by atoms with Gasteiger partial charge in [-0.05, 0) is 25.0 Å². The fourth-order valence-electron chi connectivity index (χ4n) is 1.50. The average molecular weight is 249 g/mol. The van der Waals surface area contributed by atoms with Gasteiger partial charge in [0.15, 0.2) is 0 Å². The van der Waals surface area contributed by atoms with E-state index in [2.05, 4.69) is 5.32 Å². The van der Waals surface area contributed by atoms with Crippen molar-refractivity contribution < 1.29 is 14.3 Å². The highest BCUT2D eigenvalue weighted by Gasteiger charge is 2.20. The molecule has 98 valence electrons. The lowest BCUT2D eigenvalue weighted by atomic mass is 10.1. The van der Waals surface area contributed by atoms with Crippen molar-refractivity contribution in [1.29, 1.82) is 0 Å². The Morgan fingerprint density at radius 2 is 2.00 bits per heavy atom. The standard InChI is InChI=1S/C14H19NO3/c1-9(2)8-15-14(17)13(16)11-7-10(3)5-6-12(11)18-4/h5-7,9H,8H2,1-4H3,(H,15,17). The van der Waals surface area contributed by atoms with Crippen LogP contribution in [0.4, 0.5) is 0 Å². The molecule has 1 N–H and O–H groups in total. The Balaban J connectivity index is 2.89. The predicted molar refractivity (Wildman–Crippen MR) is 69.9 cm³/mol. The van der Waals surface area contributed by atoms with E-state index in [1.165, 1.54) is 7.11 Å². The first-order valence-corrected chi connectivity index (χ1v) is 5.93.